The molecule has 3 aromatic heterocycles. The highest BCUT2D eigenvalue weighted by Crippen LogP contribution is 2.43. The molecule has 11 rings (SSSR count). The van der Waals surface area contributed by atoms with Crippen LogP contribution in [0.2, 0.25) is 0 Å². The van der Waals surface area contributed by atoms with Gasteiger partial charge < -0.3 is 8.98 Å². The number of fused-ring (bicyclic) bond motifs is 6. The van der Waals surface area contributed by atoms with Crippen molar-refractivity contribution in [2.24, 2.45) is 0 Å². The Morgan fingerprint density at radius 1 is 0.393 bits per heavy atom. The van der Waals surface area contributed by atoms with Crippen molar-refractivity contribution in [2.75, 3.05) is 0 Å². The van der Waals surface area contributed by atoms with Crippen molar-refractivity contribution in [1.82, 2.24) is 14.5 Å². The van der Waals surface area contributed by atoms with E-state index in [0.717, 1.165) is 66.8 Å². The molecule has 0 aliphatic rings. The normalized spacial score (nSPS) is 11.6. The lowest BCUT2D eigenvalue weighted by molar-refractivity contribution is 0.667. The lowest BCUT2D eigenvalue weighted by atomic mass is 9.94. The Labute approximate surface area is 323 Å². The molecule has 0 spiro atoms. The quantitative estimate of drug-likeness (QED) is 0.172. The van der Waals surface area contributed by atoms with E-state index in [1.165, 1.54) is 27.4 Å². The third-order valence-electron chi connectivity index (χ3n) is 10.8. The first-order chi connectivity index (χ1) is 27.8. The van der Waals surface area contributed by atoms with Gasteiger partial charge in [-0.25, -0.2) is 9.97 Å². The Bertz CT molecular complexity index is 3240. The van der Waals surface area contributed by atoms with Gasteiger partial charge >= 0.3 is 0 Å². The zero-order valence-electron chi connectivity index (χ0n) is 30.3. The lowest BCUT2D eigenvalue weighted by Crippen LogP contribution is -1.94. The van der Waals surface area contributed by atoms with Crippen molar-refractivity contribution in [3.63, 3.8) is 0 Å². The summed E-state index contributed by atoms with van der Waals surface area (Å²) in [6.07, 6.45) is 0. The van der Waals surface area contributed by atoms with E-state index in [0.29, 0.717) is 11.4 Å². The number of aromatic nitrogens is 3. The first-order valence-electron chi connectivity index (χ1n) is 18.9. The minimum Gasteiger partial charge on any atom is -0.452 e. The Morgan fingerprint density at radius 2 is 0.946 bits per heavy atom. The van der Waals surface area contributed by atoms with Gasteiger partial charge in [0.05, 0.1) is 16.4 Å². The maximum Gasteiger partial charge on any atom is 0.180 e. The summed E-state index contributed by atoms with van der Waals surface area (Å²) in [6, 6.07) is 70.3. The zero-order chi connectivity index (χ0) is 37.0. The van der Waals surface area contributed by atoms with Crippen molar-refractivity contribution in [3.8, 4) is 61.7 Å². The second-order valence-corrected chi connectivity index (χ2v) is 14.1. The number of para-hydroxylation sites is 2. The molecule has 0 aliphatic carbocycles. The number of hydrogen-bond donors (Lipinski definition) is 0. The molecule has 3 heterocycles. The van der Waals surface area contributed by atoms with Crippen LogP contribution in [0.3, 0.4) is 0 Å². The standard InChI is InChI=1S/C52H33N3O/c1-4-16-34(17-5-1)36-20-12-23-39(32-36)49-51-50(54-52(53-49)35-18-6-2-7-19-35)48-42(28-15-31-46(48)56-51)38-22-13-21-37(33-38)41-27-14-30-45-47(41)43-26-10-11-29-44(43)55(45)40-24-8-3-9-25-40/h1-33H. The van der Waals surface area contributed by atoms with Crippen LogP contribution in [0.1, 0.15) is 0 Å². The van der Waals surface area contributed by atoms with Gasteiger partial charge in [0.15, 0.2) is 11.4 Å². The minimum absolute atomic E-state index is 0.658. The number of hydrogen-bond acceptors (Lipinski definition) is 3. The second-order valence-electron chi connectivity index (χ2n) is 14.1. The summed E-state index contributed by atoms with van der Waals surface area (Å²) in [5.41, 5.74) is 15.2. The van der Waals surface area contributed by atoms with Gasteiger partial charge in [-0.2, -0.15) is 0 Å². The van der Waals surface area contributed by atoms with E-state index < -0.39 is 0 Å². The SMILES string of the molecule is c1ccc(-c2cccc(-c3nc(-c4ccccc4)nc4c3oc3cccc(-c5cccc(-c6cccc7c6c6ccccc6n7-c6ccccc6)c5)c34)c2)cc1. The van der Waals surface area contributed by atoms with Crippen LogP contribution >= 0.6 is 0 Å². The van der Waals surface area contributed by atoms with Gasteiger partial charge in [-0.15, -0.1) is 0 Å². The minimum atomic E-state index is 0.658. The van der Waals surface area contributed by atoms with Gasteiger partial charge in [-0.1, -0.05) is 158 Å². The van der Waals surface area contributed by atoms with E-state index in [-0.39, 0.29) is 0 Å². The molecule has 0 bridgehead atoms. The molecule has 0 saturated carbocycles. The summed E-state index contributed by atoms with van der Waals surface area (Å²) in [5, 5.41) is 3.43. The van der Waals surface area contributed by atoms with Crippen LogP contribution in [0.15, 0.2) is 205 Å². The maximum atomic E-state index is 6.77. The fraction of sp³-hybridized carbons (Fsp3) is 0. The zero-order valence-corrected chi connectivity index (χ0v) is 30.3. The first kappa shape index (κ1) is 31.9. The van der Waals surface area contributed by atoms with Crippen LogP contribution in [-0.2, 0) is 0 Å². The largest absolute Gasteiger partial charge is 0.452 e. The predicted molar refractivity (Wildman–Crippen MR) is 231 cm³/mol. The van der Waals surface area contributed by atoms with E-state index in [4.69, 9.17) is 14.4 Å². The van der Waals surface area contributed by atoms with Crippen molar-refractivity contribution in [1.29, 1.82) is 0 Å². The molecule has 0 aliphatic heterocycles. The number of nitrogens with zero attached hydrogens (tertiary/aromatic N) is 3. The molecule has 0 radical (unpaired) electrons. The molecule has 0 fully saturated rings. The van der Waals surface area contributed by atoms with Crippen molar-refractivity contribution in [3.05, 3.63) is 200 Å². The summed E-state index contributed by atoms with van der Waals surface area (Å²) < 4.78 is 9.14. The number of rotatable bonds is 6. The van der Waals surface area contributed by atoms with Gasteiger partial charge in [-0.3, -0.25) is 0 Å². The summed E-state index contributed by atoms with van der Waals surface area (Å²) >= 11 is 0. The fourth-order valence-electron chi connectivity index (χ4n) is 8.29. The average molecular weight is 716 g/mol. The smallest absolute Gasteiger partial charge is 0.180 e. The molecule has 0 N–H and O–H groups in total. The number of benzene rings is 8. The van der Waals surface area contributed by atoms with E-state index in [1.54, 1.807) is 0 Å². The summed E-state index contributed by atoms with van der Waals surface area (Å²) in [5.74, 6) is 0.658. The van der Waals surface area contributed by atoms with Crippen LogP contribution < -0.4 is 0 Å². The first-order valence-corrected chi connectivity index (χ1v) is 18.9. The van der Waals surface area contributed by atoms with Gasteiger partial charge in [0.2, 0.25) is 0 Å². The molecule has 56 heavy (non-hydrogen) atoms. The van der Waals surface area contributed by atoms with Gasteiger partial charge in [0.25, 0.3) is 0 Å². The molecule has 0 saturated heterocycles. The molecule has 0 unspecified atom stereocenters. The lowest BCUT2D eigenvalue weighted by Gasteiger charge is -2.11. The van der Waals surface area contributed by atoms with Gasteiger partial charge in [0, 0.05) is 27.6 Å². The van der Waals surface area contributed by atoms with Crippen molar-refractivity contribution >= 4 is 43.9 Å². The Balaban J connectivity index is 1.12. The second kappa shape index (κ2) is 13.1. The molecule has 262 valence electrons. The van der Waals surface area contributed by atoms with Crippen LogP contribution in [0.5, 0.6) is 0 Å². The average Bonchev–Trinajstić information content (AvgIpc) is 3.83. The van der Waals surface area contributed by atoms with Crippen LogP contribution in [0.4, 0.5) is 0 Å². The monoisotopic (exact) mass is 715 g/mol. The fourth-order valence-corrected chi connectivity index (χ4v) is 8.29. The molecule has 8 aromatic carbocycles. The van der Waals surface area contributed by atoms with Gasteiger partial charge in [-0.05, 0) is 75.8 Å². The summed E-state index contributed by atoms with van der Waals surface area (Å²) in [4.78, 5) is 10.5. The highest BCUT2D eigenvalue weighted by atomic mass is 16.3. The van der Waals surface area contributed by atoms with E-state index in [2.05, 4.69) is 174 Å². The van der Waals surface area contributed by atoms with E-state index >= 15 is 0 Å². The molecule has 4 heteroatoms. The Morgan fingerprint density at radius 3 is 1.71 bits per heavy atom. The van der Waals surface area contributed by atoms with E-state index in [9.17, 15) is 0 Å². The van der Waals surface area contributed by atoms with Crippen LogP contribution in [0, 0.1) is 0 Å². The van der Waals surface area contributed by atoms with Crippen molar-refractivity contribution < 1.29 is 4.42 Å². The topological polar surface area (TPSA) is 43.9 Å². The summed E-state index contributed by atoms with van der Waals surface area (Å²) in [6.45, 7) is 0. The predicted octanol–water partition coefficient (Wildman–Crippen LogP) is 13.8. The highest BCUT2D eigenvalue weighted by Gasteiger charge is 2.22. The molecule has 11 aromatic rings. The Kier molecular flexibility index (Phi) is 7.46. The van der Waals surface area contributed by atoms with E-state index in [1.807, 2.05) is 30.3 Å². The molecule has 0 amide bonds. The summed E-state index contributed by atoms with van der Waals surface area (Å²) in [7, 11) is 0. The highest BCUT2D eigenvalue weighted by molar-refractivity contribution is 6.17. The van der Waals surface area contributed by atoms with Crippen LogP contribution in [-0.4, -0.2) is 14.5 Å². The number of furan rings is 1. The van der Waals surface area contributed by atoms with Crippen molar-refractivity contribution in [2.45, 2.75) is 0 Å². The third kappa shape index (κ3) is 5.23. The maximum absolute atomic E-state index is 6.77. The Hall–Kier alpha value is -7.56. The van der Waals surface area contributed by atoms with Gasteiger partial charge in [0.1, 0.15) is 16.8 Å². The molecular formula is C52H33N3O. The molecular weight excluding hydrogens is 683 g/mol. The van der Waals surface area contributed by atoms with Crippen LogP contribution in [0.25, 0.3) is 106 Å². The molecule has 0 atom stereocenters. The molecule has 4 nitrogen and oxygen atoms in total. The third-order valence-corrected chi connectivity index (χ3v) is 10.8.